The standard InChI is InChI=1S/C9H11FO4/c1-13-9(14-2)5-3-6(10)8(12)7(11)4-5/h3-4,9,11-12H,1-2H3. The number of halogens is 1. The molecule has 1 rings (SSSR count). The van der Waals surface area contributed by atoms with Crippen molar-refractivity contribution in [1.82, 2.24) is 0 Å². The lowest BCUT2D eigenvalue weighted by molar-refractivity contribution is -0.106. The van der Waals surface area contributed by atoms with Gasteiger partial charge < -0.3 is 19.7 Å². The largest absolute Gasteiger partial charge is 0.504 e. The zero-order chi connectivity index (χ0) is 10.7. The fourth-order valence-electron chi connectivity index (χ4n) is 1.11. The van der Waals surface area contributed by atoms with Crippen molar-refractivity contribution in [2.24, 2.45) is 0 Å². The summed E-state index contributed by atoms with van der Waals surface area (Å²) in [6.07, 6.45) is -0.768. The molecule has 0 aliphatic heterocycles. The number of aromatic hydroxyl groups is 2. The lowest BCUT2D eigenvalue weighted by atomic mass is 10.2. The summed E-state index contributed by atoms with van der Waals surface area (Å²) in [5.41, 5.74) is 0.294. The fourth-order valence-corrected chi connectivity index (χ4v) is 1.11. The molecule has 1 aromatic rings. The zero-order valence-electron chi connectivity index (χ0n) is 7.82. The molecule has 0 saturated heterocycles. The van der Waals surface area contributed by atoms with Crippen molar-refractivity contribution in [3.63, 3.8) is 0 Å². The van der Waals surface area contributed by atoms with E-state index < -0.39 is 23.6 Å². The average Bonchev–Trinajstić information content (AvgIpc) is 2.16. The highest BCUT2D eigenvalue weighted by atomic mass is 19.1. The summed E-state index contributed by atoms with van der Waals surface area (Å²) in [6, 6.07) is 2.21. The number of rotatable bonds is 3. The highest BCUT2D eigenvalue weighted by Crippen LogP contribution is 2.32. The Labute approximate surface area is 80.5 Å². The summed E-state index contributed by atoms with van der Waals surface area (Å²) in [7, 11) is 2.77. The minimum Gasteiger partial charge on any atom is -0.504 e. The number of benzene rings is 1. The van der Waals surface area contributed by atoms with Crippen molar-refractivity contribution in [3.05, 3.63) is 23.5 Å². The Hall–Kier alpha value is -1.33. The van der Waals surface area contributed by atoms with Gasteiger partial charge in [0, 0.05) is 19.8 Å². The van der Waals surface area contributed by atoms with E-state index >= 15 is 0 Å². The van der Waals surface area contributed by atoms with E-state index in [4.69, 9.17) is 19.7 Å². The maximum Gasteiger partial charge on any atom is 0.194 e. The molecule has 0 fully saturated rings. The van der Waals surface area contributed by atoms with Crippen LogP contribution in [0.4, 0.5) is 4.39 Å². The number of phenolic OH excluding ortho intramolecular Hbond substituents is 2. The lowest BCUT2D eigenvalue weighted by Gasteiger charge is -2.14. The Morgan fingerprint density at radius 3 is 2.21 bits per heavy atom. The Morgan fingerprint density at radius 1 is 1.21 bits per heavy atom. The van der Waals surface area contributed by atoms with Gasteiger partial charge in [-0.25, -0.2) is 4.39 Å². The fraction of sp³-hybridized carbons (Fsp3) is 0.333. The normalized spacial score (nSPS) is 10.9. The number of hydrogen-bond acceptors (Lipinski definition) is 4. The number of phenols is 2. The molecule has 0 heterocycles. The van der Waals surface area contributed by atoms with Crippen molar-refractivity contribution in [2.75, 3.05) is 14.2 Å². The van der Waals surface area contributed by atoms with Gasteiger partial charge in [-0.3, -0.25) is 0 Å². The Kier molecular flexibility index (Phi) is 3.27. The molecule has 0 radical (unpaired) electrons. The van der Waals surface area contributed by atoms with Crippen LogP contribution < -0.4 is 0 Å². The maximum absolute atomic E-state index is 13.0. The van der Waals surface area contributed by atoms with E-state index in [2.05, 4.69) is 0 Å². The van der Waals surface area contributed by atoms with Crippen LogP contribution in [-0.4, -0.2) is 24.4 Å². The van der Waals surface area contributed by atoms with Crippen LogP contribution in [0.25, 0.3) is 0 Å². The molecule has 0 aliphatic rings. The minimum absolute atomic E-state index is 0.294. The van der Waals surface area contributed by atoms with Gasteiger partial charge >= 0.3 is 0 Å². The van der Waals surface area contributed by atoms with E-state index in [0.717, 1.165) is 6.07 Å². The molecule has 0 unspecified atom stereocenters. The third-order valence-corrected chi connectivity index (χ3v) is 1.77. The predicted octanol–water partition coefficient (Wildman–Crippen LogP) is 1.53. The van der Waals surface area contributed by atoms with Crippen LogP contribution in [0.2, 0.25) is 0 Å². The molecule has 0 atom stereocenters. The molecule has 0 aliphatic carbocycles. The molecule has 78 valence electrons. The number of ether oxygens (including phenoxy) is 2. The van der Waals surface area contributed by atoms with E-state index in [1.54, 1.807) is 0 Å². The average molecular weight is 202 g/mol. The van der Waals surface area contributed by atoms with Crippen LogP contribution in [0.3, 0.4) is 0 Å². The highest BCUT2D eigenvalue weighted by molar-refractivity contribution is 5.42. The SMILES string of the molecule is COC(OC)c1cc(O)c(O)c(F)c1. The first-order chi connectivity index (χ1) is 6.60. The molecule has 0 aromatic heterocycles. The molecule has 0 bridgehead atoms. The Bertz CT molecular complexity index is 300. The van der Waals surface area contributed by atoms with Gasteiger partial charge in [0.25, 0.3) is 0 Å². The van der Waals surface area contributed by atoms with Gasteiger partial charge in [0.05, 0.1) is 0 Å². The van der Waals surface area contributed by atoms with Gasteiger partial charge in [0.1, 0.15) is 0 Å². The van der Waals surface area contributed by atoms with Crippen molar-refractivity contribution in [3.8, 4) is 11.5 Å². The van der Waals surface area contributed by atoms with E-state index in [9.17, 15) is 4.39 Å². The molecule has 0 saturated carbocycles. The monoisotopic (exact) mass is 202 g/mol. The topological polar surface area (TPSA) is 58.9 Å². The molecule has 2 N–H and O–H groups in total. The van der Waals surface area contributed by atoms with Crippen molar-refractivity contribution in [1.29, 1.82) is 0 Å². The van der Waals surface area contributed by atoms with Crippen LogP contribution in [0.5, 0.6) is 11.5 Å². The first-order valence-corrected chi connectivity index (χ1v) is 3.87. The summed E-state index contributed by atoms with van der Waals surface area (Å²) < 4.78 is 22.7. The summed E-state index contributed by atoms with van der Waals surface area (Å²) in [6.45, 7) is 0. The molecule has 0 amide bonds. The first-order valence-electron chi connectivity index (χ1n) is 3.87. The molecule has 0 spiro atoms. The van der Waals surface area contributed by atoms with Gasteiger partial charge in [0.2, 0.25) is 0 Å². The smallest absolute Gasteiger partial charge is 0.194 e. The minimum atomic E-state index is -0.918. The van der Waals surface area contributed by atoms with E-state index in [1.807, 2.05) is 0 Å². The van der Waals surface area contributed by atoms with Crippen molar-refractivity contribution < 1.29 is 24.1 Å². The summed E-state index contributed by atoms with van der Waals surface area (Å²) >= 11 is 0. The van der Waals surface area contributed by atoms with Crippen LogP contribution in [0.1, 0.15) is 11.9 Å². The van der Waals surface area contributed by atoms with Gasteiger partial charge in [-0.2, -0.15) is 0 Å². The van der Waals surface area contributed by atoms with Gasteiger partial charge in [-0.1, -0.05) is 0 Å². The third-order valence-electron chi connectivity index (χ3n) is 1.77. The summed E-state index contributed by atoms with van der Waals surface area (Å²) in [4.78, 5) is 0. The van der Waals surface area contributed by atoms with Gasteiger partial charge in [-0.15, -0.1) is 0 Å². The molecule has 5 heteroatoms. The predicted molar refractivity (Wildman–Crippen MR) is 46.5 cm³/mol. The second-order valence-electron chi connectivity index (χ2n) is 2.67. The Morgan fingerprint density at radius 2 is 1.79 bits per heavy atom. The van der Waals surface area contributed by atoms with Crippen molar-refractivity contribution >= 4 is 0 Å². The molecular weight excluding hydrogens is 191 g/mol. The van der Waals surface area contributed by atoms with Crippen LogP contribution in [-0.2, 0) is 9.47 Å². The first kappa shape index (κ1) is 10.7. The summed E-state index contributed by atoms with van der Waals surface area (Å²) in [5, 5.41) is 18.1. The second kappa shape index (κ2) is 4.26. The van der Waals surface area contributed by atoms with Gasteiger partial charge in [-0.05, 0) is 12.1 Å². The van der Waals surface area contributed by atoms with E-state index in [-0.39, 0.29) is 0 Å². The van der Waals surface area contributed by atoms with Crippen molar-refractivity contribution in [2.45, 2.75) is 6.29 Å². The number of hydrogen-bond donors (Lipinski definition) is 2. The van der Waals surface area contributed by atoms with Crippen LogP contribution in [0.15, 0.2) is 12.1 Å². The van der Waals surface area contributed by atoms with E-state index in [0.29, 0.717) is 5.56 Å². The van der Waals surface area contributed by atoms with Crippen LogP contribution in [0, 0.1) is 5.82 Å². The highest BCUT2D eigenvalue weighted by Gasteiger charge is 2.15. The third kappa shape index (κ3) is 1.94. The quantitative estimate of drug-likeness (QED) is 0.576. The Balaban J connectivity index is 3.11. The van der Waals surface area contributed by atoms with E-state index in [1.165, 1.54) is 20.3 Å². The summed E-state index contributed by atoms with van der Waals surface area (Å²) in [5.74, 6) is -2.24. The number of methoxy groups -OCH3 is 2. The van der Waals surface area contributed by atoms with Gasteiger partial charge in [0.15, 0.2) is 23.6 Å². The lowest BCUT2D eigenvalue weighted by Crippen LogP contribution is -2.03. The molecular formula is C9H11FO4. The molecule has 4 nitrogen and oxygen atoms in total. The van der Waals surface area contributed by atoms with Crippen LogP contribution >= 0.6 is 0 Å². The molecule has 14 heavy (non-hydrogen) atoms. The second-order valence-corrected chi connectivity index (χ2v) is 2.67. The zero-order valence-corrected chi connectivity index (χ0v) is 7.82. The molecule has 1 aromatic carbocycles. The maximum atomic E-state index is 13.0.